The molecule has 0 spiro atoms. The Labute approximate surface area is 241 Å². The monoisotopic (exact) mass is 558 g/mol. The van der Waals surface area contributed by atoms with E-state index in [2.05, 4.69) is 15.6 Å². The third-order valence-corrected chi connectivity index (χ3v) is 7.24. The van der Waals surface area contributed by atoms with Gasteiger partial charge in [0.25, 0.3) is 0 Å². The van der Waals surface area contributed by atoms with Crippen molar-refractivity contribution in [2.45, 2.75) is 63.5 Å². The van der Waals surface area contributed by atoms with Gasteiger partial charge in [-0.3, -0.25) is 19.3 Å². The second kappa shape index (κ2) is 14.8. The summed E-state index contributed by atoms with van der Waals surface area (Å²) in [5.41, 5.74) is 1.23. The maximum absolute atomic E-state index is 14.0. The molecule has 0 radical (unpaired) electrons. The van der Waals surface area contributed by atoms with Crippen molar-refractivity contribution in [2.75, 3.05) is 24.4 Å². The number of carbonyl (C=O) groups excluding carboxylic acids is 3. The molecule has 1 unspecified atom stereocenters. The molecule has 0 bridgehead atoms. The third-order valence-electron chi connectivity index (χ3n) is 7.24. The van der Waals surface area contributed by atoms with Crippen molar-refractivity contribution in [1.82, 2.24) is 10.3 Å². The molecular weight excluding hydrogens is 520 g/mol. The first-order valence-electron chi connectivity index (χ1n) is 14.1. The number of benzene rings is 2. The Hall–Kier alpha value is -4.40. The van der Waals surface area contributed by atoms with Crippen molar-refractivity contribution < 1.29 is 23.9 Å². The van der Waals surface area contributed by atoms with Crippen molar-refractivity contribution in [1.29, 1.82) is 0 Å². The Kier molecular flexibility index (Phi) is 10.7. The Morgan fingerprint density at radius 1 is 0.878 bits per heavy atom. The number of amides is 3. The van der Waals surface area contributed by atoms with Crippen LogP contribution in [0.3, 0.4) is 0 Å². The largest absolute Gasteiger partial charge is 0.497 e. The number of aromatic nitrogens is 1. The fourth-order valence-corrected chi connectivity index (χ4v) is 5.07. The number of nitrogens with zero attached hydrogens (tertiary/aromatic N) is 2. The van der Waals surface area contributed by atoms with E-state index in [0.29, 0.717) is 35.0 Å². The molecule has 3 aromatic rings. The van der Waals surface area contributed by atoms with Crippen LogP contribution in [0.2, 0.25) is 0 Å². The van der Waals surface area contributed by atoms with Crippen molar-refractivity contribution in [3.63, 3.8) is 0 Å². The van der Waals surface area contributed by atoms with Crippen molar-refractivity contribution in [2.24, 2.45) is 0 Å². The van der Waals surface area contributed by atoms with Gasteiger partial charge in [0, 0.05) is 30.8 Å². The quantitative estimate of drug-likeness (QED) is 0.307. The number of anilines is 2. The molecule has 1 aliphatic rings. The number of methoxy groups -OCH3 is 2. The first kappa shape index (κ1) is 29.6. The average molecular weight is 559 g/mol. The maximum atomic E-state index is 14.0. The van der Waals surface area contributed by atoms with Gasteiger partial charge < -0.3 is 20.1 Å². The minimum atomic E-state index is -0.911. The number of carbonyl (C=O) groups is 3. The Morgan fingerprint density at radius 3 is 2.15 bits per heavy atom. The second-order valence-electron chi connectivity index (χ2n) is 10.1. The SMILES string of the molecule is COc1ccc(C(C(=O)NC2CCCCC2)N(C(=O)CCCC(=O)Nc2ccccn2)c2ccc(OC)cc2)cc1. The van der Waals surface area contributed by atoms with Gasteiger partial charge in [0.2, 0.25) is 17.7 Å². The molecule has 216 valence electrons. The van der Waals surface area contributed by atoms with E-state index in [1.165, 1.54) is 11.3 Å². The summed E-state index contributed by atoms with van der Waals surface area (Å²) in [6, 6.07) is 18.7. The van der Waals surface area contributed by atoms with E-state index < -0.39 is 6.04 Å². The van der Waals surface area contributed by atoms with Crippen LogP contribution in [0.1, 0.15) is 63.0 Å². The van der Waals surface area contributed by atoms with Crippen LogP contribution in [0, 0.1) is 0 Å². The fourth-order valence-electron chi connectivity index (χ4n) is 5.07. The molecule has 2 N–H and O–H groups in total. The number of nitrogens with one attached hydrogen (secondary N) is 2. The predicted octanol–water partition coefficient (Wildman–Crippen LogP) is 5.43. The first-order valence-corrected chi connectivity index (χ1v) is 14.1. The van der Waals surface area contributed by atoms with Crippen LogP contribution in [0.5, 0.6) is 11.5 Å². The van der Waals surface area contributed by atoms with E-state index in [1.807, 2.05) is 12.1 Å². The molecule has 2 aromatic carbocycles. The molecule has 1 aromatic heterocycles. The first-order chi connectivity index (χ1) is 20.0. The predicted molar refractivity (Wildman–Crippen MR) is 158 cm³/mol. The minimum absolute atomic E-state index is 0.0695. The lowest BCUT2D eigenvalue weighted by molar-refractivity contribution is -0.127. The molecule has 1 fully saturated rings. The van der Waals surface area contributed by atoms with Crippen LogP contribution in [-0.2, 0) is 14.4 Å². The van der Waals surface area contributed by atoms with E-state index in [-0.39, 0.29) is 36.6 Å². The third kappa shape index (κ3) is 8.30. The van der Waals surface area contributed by atoms with Crippen LogP contribution < -0.4 is 25.0 Å². The number of rotatable bonds is 12. The summed E-state index contributed by atoms with van der Waals surface area (Å²) in [6.45, 7) is 0. The normalized spacial score (nSPS) is 14.0. The summed E-state index contributed by atoms with van der Waals surface area (Å²) in [4.78, 5) is 46.0. The van der Waals surface area contributed by atoms with E-state index in [0.717, 1.165) is 25.7 Å². The molecule has 0 saturated heterocycles. The molecule has 9 heteroatoms. The highest BCUT2D eigenvalue weighted by Crippen LogP contribution is 2.32. The highest BCUT2D eigenvalue weighted by atomic mass is 16.5. The molecule has 3 amide bonds. The summed E-state index contributed by atoms with van der Waals surface area (Å²) in [5.74, 6) is 1.03. The summed E-state index contributed by atoms with van der Waals surface area (Å²) in [7, 11) is 3.16. The van der Waals surface area contributed by atoms with Crippen molar-refractivity contribution in [3.05, 3.63) is 78.5 Å². The molecule has 41 heavy (non-hydrogen) atoms. The minimum Gasteiger partial charge on any atom is -0.497 e. The Balaban J connectivity index is 1.59. The van der Waals surface area contributed by atoms with Gasteiger partial charge in [-0.25, -0.2) is 4.98 Å². The van der Waals surface area contributed by atoms with Gasteiger partial charge in [-0.1, -0.05) is 37.5 Å². The van der Waals surface area contributed by atoms with Crippen molar-refractivity contribution >= 4 is 29.2 Å². The lowest BCUT2D eigenvalue weighted by Gasteiger charge is -2.33. The maximum Gasteiger partial charge on any atom is 0.248 e. The highest BCUT2D eigenvalue weighted by Gasteiger charge is 2.34. The number of pyridine rings is 1. The summed E-state index contributed by atoms with van der Waals surface area (Å²) < 4.78 is 10.7. The van der Waals surface area contributed by atoms with Gasteiger partial charge in [0.15, 0.2) is 0 Å². The van der Waals surface area contributed by atoms with E-state index in [4.69, 9.17) is 9.47 Å². The summed E-state index contributed by atoms with van der Waals surface area (Å²) in [6.07, 6.45) is 7.27. The van der Waals surface area contributed by atoms with Gasteiger partial charge in [-0.2, -0.15) is 0 Å². The lowest BCUT2D eigenvalue weighted by Crippen LogP contribution is -2.47. The van der Waals surface area contributed by atoms with Crippen LogP contribution in [0.4, 0.5) is 11.5 Å². The van der Waals surface area contributed by atoms with Gasteiger partial charge in [0.1, 0.15) is 23.4 Å². The van der Waals surface area contributed by atoms with E-state index >= 15 is 0 Å². The summed E-state index contributed by atoms with van der Waals surface area (Å²) >= 11 is 0. The Morgan fingerprint density at radius 2 is 1.54 bits per heavy atom. The molecular formula is C32H38N4O5. The second-order valence-corrected chi connectivity index (χ2v) is 10.1. The lowest BCUT2D eigenvalue weighted by atomic mass is 9.94. The van der Waals surface area contributed by atoms with E-state index in [1.54, 1.807) is 75.0 Å². The van der Waals surface area contributed by atoms with Gasteiger partial charge in [0.05, 0.1) is 14.2 Å². The highest BCUT2D eigenvalue weighted by molar-refractivity contribution is 6.01. The molecule has 1 saturated carbocycles. The number of hydrogen-bond acceptors (Lipinski definition) is 6. The standard InChI is InChI=1S/C32H38N4O5/c1-40-26-18-14-23(15-19-26)31(32(39)34-24-9-4-3-5-10-24)36(25-16-20-27(41-2)21-17-25)30(38)13-8-12-29(37)35-28-11-6-7-22-33-28/h6-7,11,14-22,24,31H,3-5,8-10,12-13H2,1-2H3,(H,34,39)(H,33,35,37). The van der Waals surface area contributed by atoms with Gasteiger partial charge in [-0.15, -0.1) is 0 Å². The zero-order chi connectivity index (χ0) is 29.0. The Bertz CT molecular complexity index is 1280. The molecule has 1 heterocycles. The van der Waals surface area contributed by atoms with Crippen LogP contribution >= 0.6 is 0 Å². The van der Waals surface area contributed by atoms with Crippen LogP contribution in [-0.4, -0.2) is 43.0 Å². The zero-order valence-corrected chi connectivity index (χ0v) is 23.7. The fraction of sp³-hybridized carbons (Fsp3) is 0.375. The number of hydrogen-bond donors (Lipinski definition) is 2. The molecule has 4 rings (SSSR count). The molecule has 1 atom stereocenters. The van der Waals surface area contributed by atoms with Gasteiger partial charge in [-0.05, 0) is 73.4 Å². The molecule has 0 aliphatic heterocycles. The summed E-state index contributed by atoms with van der Waals surface area (Å²) in [5, 5.41) is 5.96. The zero-order valence-electron chi connectivity index (χ0n) is 23.7. The smallest absolute Gasteiger partial charge is 0.248 e. The van der Waals surface area contributed by atoms with Crippen molar-refractivity contribution in [3.8, 4) is 11.5 Å². The molecule has 9 nitrogen and oxygen atoms in total. The van der Waals surface area contributed by atoms with Crippen LogP contribution in [0.15, 0.2) is 72.9 Å². The average Bonchev–Trinajstić information content (AvgIpc) is 3.01. The molecule has 1 aliphatic carbocycles. The van der Waals surface area contributed by atoms with E-state index in [9.17, 15) is 14.4 Å². The topological polar surface area (TPSA) is 110 Å². The van der Waals surface area contributed by atoms with Gasteiger partial charge >= 0.3 is 0 Å². The van der Waals surface area contributed by atoms with Crippen LogP contribution in [0.25, 0.3) is 0 Å². The number of ether oxygens (including phenoxy) is 2.